The van der Waals surface area contributed by atoms with Crippen LogP contribution in [0.25, 0.3) is 167 Å². The Balaban J connectivity index is 0.000000136. The van der Waals surface area contributed by atoms with Gasteiger partial charge in [0.1, 0.15) is 35.2 Å². The zero-order valence-electron chi connectivity index (χ0n) is 99.9. The highest BCUT2D eigenvalue weighted by molar-refractivity contribution is 6.13. The van der Waals surface area contributed by atoms with E-state index in [-0.39, 0.29) is 0 Å². The minimum atomic E-state index is -3.37. The Bertz CT molecular complexity index is 8780. The molecule has 0 aliphatic heterocycles. The van der Waals surface area contributed by atoms with Crippen molar-refractivity contribution in [2.75, 3.05) is 0 Å². The van der Waals surface area contributed by atoms with Crippen LogP contribution in [0.15, 0.2) is 217 Å². The number of nitrogens with zero attached hydrogens (tertiary/aromatic N) is 10. The van der Waals surface area contributed by atoms with Gasteiger partial charge in [0.2, 0.25) is 57.0 Å². The molecule has 0 N–H and O–H groups in total. The van der Waals surface area contributed by atoms with Crippen LogP contribution in [0.2, 0.25) is 0 Å². The van der Waals surface area contributed by atoms with Crippen LogP contribution in [0, 0.1) is 55.4 Å². The van der Waals surface area contributed by atoms with Crippen molar-refractivity contribution >= 4 is 110 Å². The van der Waals surface area contributed by atoms with Crippen molar-refractivity contribution in [2.24, 2.45) is 35.2 Å². The Morgan fingerprint density at radius 2 is 0.526 bits per heavy atom. The number of hydrogen-bond acceptors (Lipinski definition) is 10. The third-order valence-electron chi connectivity index (χ3n) is 26.8. The zero-order chi connectivity index (χ0) is 111. The molecule has 0 bridgehead atoms. The second-order valence-corrected chi connectivity index (χ2v) is 39.0. The van der Waals surface area contributed by atoms with Gasteiger partial charge in [0.15, 0.2) is 58.9 Å². The fourth-order valence-electron chi connectivity index (χ4n) is 19.4. The van der Waals surface area contributed by atoms with Crippen molar-refractivity contribution in [1.82, 2.24) is 24.9 Å². The summed E-state index contributed by atoms with van der Waals surface area (Å²) in [7, 11) is 9.79. The Labute approximate surface area is 829 Å². The van der Waals surface area contributed by atoms with E-state index >= 15 is 0 Å². The number of fused-ring (bicyclic) bond motifs is 15. The molecular formula is C122H139N10O5+5. The van der Waals surface area contributed by atoms with Crippen LogP contribution in [-0.2, 0) is 41.6 Å². The van der Waals surface area contributed by atoms with Gasteiger partial charge in [-0.15, -0.1) is 0 Å². The standard InChI is InChI=1S/2C25H29N2O.3C24H27N2O/c2*1-14(2)20-12-22(27(7)13-21(20)15(3)4)23-16(5)8-10-18-19-11-9-17(6)26-25(19)28-24(18)23;2*1-14(2)19-12-21(26(6)13-20(19)15(3)4)22-16(5)9-10-17-18-8-7-11-25-24(18)27-23(17)22;1-7-17-13-26(6)21(12-20(17)14(2)3)22-15(4)8-10-18-19-11-9-16(5)25-24(19)27-23(18)22/h2*8-15H,1-7H3;2*7-15H,1-6H3;8-14H,7H2,1-6H3/q5*+1/i14D;;1D3,3D3,4D3,14D,15D;;7D2,14D. The van der Waals surface area contributed by atoms with Gasteiger partial charge in [-0.1, -0.05) is 192 Å². The molecule has 0 aliphatic carbocycles. The summed E-state index contributed by atoms with van der Waals surface area (Å²) in [5.41, 5.74) is 32.9. The fourth-order valence-corrected chi connectivity index (χ4v) is 19.4. The first-order valence-electron chi connectivity index (χ1n) is 55.0. The summed E-state index contributed by atoms with van der Waals surface area (Å²) in [5.74, 6) is -5.01. The quantitative estimate of drug-likeness (QED) is 0.0908. The lowest BCUT2D eigenvalue weighted by Gasteiger charge is -2.16. The van der Waals surface area contributed by atoms with E-state index in [1.54, 1.807) is 32.3 Å². The SMILES string of the molecule is Cc1ccc2c(n1)oc1c(-c3cc(C(C)C)c(C(C)C)c[n+]3C)c(C)ccc12.Cc1ccc2c(oc3ncccc32)c1-c1cc(C(C)C)c(C(C)C)c[n+]1C.[2H]C(C)(C)c1cc(-c2c(C)ccc3c2oc2nc(C)ccc23)[n+](C)cc1C(C)C.[2H]C([2H])(C)c1c[n+](C)c(-c2c(C)ccc3c2oc2nc(C)ccc23)cc1C([2H])(C)C.[2H]C([2H])([2H])C([2H])(C)c1cc(-c2c(C)ccc3c2oc2ncccc23)[n+](C)cc1C([2H])(C([2H])([2H])[2H])C([2H])([2H])[2H]. The molecule has 0 radical (unpaired) electrons. The minimum absolute atomic E-state index is 0.352. The second kappa shape index (κ2) is 39.0. The predicted octanol–water partition coefficient (Wildman–Crippen LogP) is 30.5. The van der Waals surface area contributed by atoms with E-state index < -0.39 is 61.6 Å². The normalized spacial score (nSPS) is 14.6. The molecular weight excluding hydrogens is 1690 g/mol. The highest BCUT2D eigenvalue weighted by atomic mass is 16.4. The summed E-state index contributed by atoms with van der Waals surface area (Å²) in [6.45, 7) is 39.1. The molecule has 1 unspecified atom stereocenters. The summed E-state index contributed by atoms with van der Waals surface area (Å²) < 4.78 is 165. The summed E-state index contributed by atoms with van der Waals surface area (Å²) >= 11 is 0. The van der Waals surface area contributed by atoms with Crippen molar-refractivity contribution in [3.05, 3.63) is 296 Å². The lowest BCUT2D eigenvalue weighted by Crippen LogP contribution is -2.32. The van der Waals surface area contributed by atoms with Crippen molar-refractivity contribution < 1.29 is 65.5 Å². The van der Waals surface area contributed by atoms with Crippen LogP contribution in [0.1, 0.15) is 306 Å². The molecule has 0 saturated heterocycles. The average molecular weight is 1840 g/mol. The lowest BCUT2D eigenvalue weighted by molar-refractivity contribution is -0.661. The molecule has 15 nitrogen and oxygen atoms in total. The Hall–Kier alpha value is -13.4. The smallest absolute Gasteiger partial charge is 0.227 e. The number of aryl methyl sites for hydroxylation is 14. The highest BCUT2D eigenvalue weighted by Gasteiger charge is 2.33. The van der Waals surface area contributed by atoms with Crippen LogP contribution in [0.5, 0.6) is 0 Å². The third-order valence-corrected chi connectivity index (χ3v) is 26.8. The molecule has 0 spiro atoms. The van der Waals surface area contributed by atoms with Crippen LogP contribution in [0.4, 0.5) is 0 Å². The first-order chi connectivity index (χ1) is 70.8. The summed E-state index contributed by atoms with van der Waals surface area (Å²) in [5, 5.41) is 9.98. The Kier molecular flexibility index (Phi) is 22.4. The van der Waals surface area contributed by atoms with Crippen molar-refractivity contribution in [1.29, 1.82) is 0 Å². The molecule has 137 heavy (non-hydrogen) atoms. The largest absolute Gasteiger partial charge is 0.437 e. The number of furan rings is 5. The highest BCUT2D eigenvalue weighted by Crippen LogP contribution is 2.46. The molecule has 20 rings (SSSR count). The number of rotatable bonds is 15. The molecule has 1 atom stereocenters. The molecule has 20 aromatic rings. The maximum Gasteiger partial charge on any atom is 0.227 e. The molecule has 0 saturated carbocycles. The van der Waals surface area contributed by atoms with Crippen LogP contribution in [0.3, 0.4) is 0 Å². The van der Waals surface area contributed by atoms with Gasteiger partial charge in [-0.3, -0.25) is 0 Å². The molecule has 5 aromatic carbocycles. The molecule has 15 heteroatoms. The second-order valence-electron chi connectivity index (χ2n) is 39.0. The lowest BCUT2D eigenvalue weighted by atomic mass is 9.90. The minimum Gasteiger partial charge on any atom is -0.437 e. The average Bonchev–Trinajstić information content (AvgIpc) is 0.927. The van der Waals surface area contributed by atoms with Gasteiger partial charge >= 0.3 is 0 Å². The van der Waals surface area contributed by atoms with Gasteiger partial charge < -0.3 is 22.1 Å². The van der Waals surface area contributed by atoms with E-state index in [0.29, 0.717) is 86.1 Å². The van der Waals surface area contributed by atoms with Crippen molar-refractivity contribution in [2.45, 2.75) is 246 Å². The van der Waals surface area contributed by atoms with Crippen LogP contribution in [-0.4, -0.2) is 24.9 Å². The maximum absolute atomic E-state index is 8.83. The molecule has 0 amide bonds. The van der Waals surface area contributed by atoms with E-state index in [4.69, 9.17) is 42.6 Å². The molecule has 15 aromatic heterocycles. The van der Waals surface area contributed by atoms with Crippen LogP contribution >= 0.6 is 0 Å². The van der Waals surface area contributed by atoms with E-state index in [9.17, 15) is 0 Å². The number of aromatic nitrogens is 10. The van der Waals surface area contributed by atoms with Gasteiger partial charge in [0, 0.05) is 162 Å². The maximum atomic E-state index is 8.83. The predicted molar refractivity (Wildman–Crippen MR) is 565 cm³/mol. The Morgan fingerprint density at radius 3 is 0.810 bits per heavy atom. The van der Waals surface area contributed by atoms with E-state index in [1.165, 1.54) is 74.9 Å². The van der Waals surface area contributed by atoms with Gasteiger partial charge in [0.25, 0.3) is 0 Å². The zero-order valence-corrected chi connectivity index (χ0v) is 84.9. The number of pyridine rings is 10. The summed E-state index contributed by atoms with van der Waals surface area (Å²) in [6, 6.07) is 50.9. The first kappa shape index (κ1) is 78.7. The topological polar surface area (TPSA) is 150 Å². The van der Waals surface area contributed by atoms with Gasteiger partial charge in [0.05, 0.1) is 27.8 Å². The van der Waals surface area contributed by atoms with Crippen LogP contribution < -0.4 is 22.8 Å². The molecule has 0 aliphatic rings. The third kappa shape index (κ3) is 18.5. The van der Waals surface area contributed by atoms with E-state index in [1.807, 2.05) is 121 Å². The Morgan fingerprint density at radius 1 is 0.277 bits per heavy atom. The van der Waals surface area contributed by atoms with Crippen molar-refractivity contribution in [3.8, 4) is 56.3 Å². The van der Waals surface area contributed by atoms with E-state index in [0.717, 1.165) is 162 Å². The number of benzene rings is 5. The number of hydrogen-bond donors (Lipinski definition) is 0. The van der Waals surface area contributed by atoms with E-state index in [2.05, 4.69) is 253 Å². The molecule has 702 valence electrons. The van der Waals surface area contributed by atoms with Gasteiger partial charge in [-0.2, -0.15) is 0 Å². The van der Waals surface area contributed by atoms with Gasteiger partial charge in [-0.05, 0) is 231 Å². The molecule has 15 heterocycles. The first-order valence-corrected chi connectivity index (χ1v) is 47.5. The van der Waals surface area contributed by atoms with Crippen molar-refractivity contribution in [3.63, 3.8) is 0 Å². The fraction of sp³-hybridized carbons (Fsp3) is 0.344. The van der Waals surface area contributed by atoms with Gasteiger partial charge in [-0.25, -0.2) is 47.8 Å². The molecule has 0 fully saturated rings. The summed E-state index contributed by atoms with van der Waals surface area (Å²) in [4.78, 5) is 22.4. The monoisotopic (exact) mass is 1840 g/mol. The summed E-state index contributed by atoms with van der Waals surface area (Å²) in [6.07, 6.45) is 11.5.